The Morgan fingerprint density at radius 3 is 2.52 bits per heavy atom. The van der Waals surface area contributed by atoms with E-state index in [9.17, 15) is 24.5 Å². The monoisotopic (exact) mass is 437 g/mol. The van der Waals surface area contributed by atoms with Crippen LogP contribution < -0.4 is 15.4 Å². The fraction of sp³-hybridized carbons (Fsp3) is 0.100. The fourth-order valence-corrected chi connectivity index (χ4v) is 4.08. The lowest BCUT2D eigenvalue weighted by Crippen LogP contribution is -2.31. The highest BCUT2D eigenvalue weighted by molar-refractivity contribution is 7.07. The van der Waals surface area contributed by atoms with Gasteiger partial charge in [0, 0.05) is 11.4 Å². The molecule has 1 saturated heterocycles. The third kappa shape index (κ3) is 4.12. The van der Waals surface area contributed by atoms with Gasteiger partial charge in [0.1, 0.15) is 11.7 Å². The number of para-hydroxylation sites is 2. The molecule has 10 nitrogen and oxygen atoms in total. The van der Waals surface area contributed by atoms with E-state index >= 15 is 0 Å². The highest BCUT2D eigenvalue weighted by Crippen LogP contribution is 2.28. The van der Waals surface area contributed by atoms with Crippen molar-refractivity contribution in [2.24, 2.45) is 4.99 Å². The molecule has 4 amide bonds. The summed E-state index contributed by atoms with van der Waals surface area (Å²) < 4.78 is 1.54. The van der Waals surface area contributed by atoms with Gasteiger partial charge in [0.2, 0.25) is 0 Å². The average molecular weight is 437 g/mol. The molecule has 2 heterocycles. The molecule has 1 aliphatic heterocycles. The van der Waals surface area contributed by atoms with Crippen molar-refractivity contribution in [2.45, 2.75) is 12.5 Å². The average Bonchev–Trinajstić information content (AvgIpc) is 3.30. The van der Waals surface area contributed by atoms with Crippen LogP contribution in [0.15, 0.2) is 65.0 Å². The molecule has 1 atom stereocenters. The first kappa shape index (κ1) is 20.2. The van der Waals surface area contributed by atoms with Gasteiger partial charge in [-0.15, -0.1) is 11.3 Å². The maximum atomic E-state index is 12.5. The van der Waals surface area contributed by atoms with E-state index in [1.165, 1.54) is 6.07 Å². The Labute approximate surface area is 179 Å². The Morgan fingerprint density at radius 1 is 1.13 bits per heavy atom. The van der Waals surface area contributed by atoms with E-state index in [1.807, 2.05) is 30.3 Å². The molecule has 1 aliphatic rings. The number of aromatic nitrogens is 1. The summed E-state index contributed by atoms with van der Waals surface area (Å²) in [5.41, 5.74) is 1.52. The molecule has 1 aromatic heterocycles. The second kappa shape index (κ2) is 8.32. The molecule has 0 bridgehead atoms. The summed E-state index contributed by atoms with van der Waals surface area (Å²) in [6, 6.07) is 13.7. The van der Waals surface area contributed by atoms with Gasteiger partial charge in [0.25, 0.3) is 17.5 Å². The summed E-state index contributed by atoms with van der Waals surface area (Å²) in [5, 5.41) is 17.8. The first-order valence-corrected chi connectivity index (χ1v) is 10.0. The van der Waals surface area contributed by atoms with E-state index in [1.54, 1.807) is 28.1 Å². The summed E-state index contributed by atoms with van der Waals surface area (Å²) in [6.07, 6.45) is -0.326. The Balaban J connectivity index is 1.82. The molecule has 3 aromatic rings. The lowest BCUT2D eigenvalue weighted by molar-refractivity contribution is -0.384. The largest absolute Gasteiger partial charge is 0.325 e. The lowest BCUT2D eigenvalue weighted by atomic mass is 10.1. The molecule has 0 radical (unpaired) electrons. The minimum absolute atomic E-state index is 0.144. The summed E-state index contributed by atoms with van der Waals surface area (Å²) in [5.74, 6) is -1.24. The topological polar surface area (TPSA) is 136 Å². The molecule has 0 aliphatic carbocycles. The van der Waals surface area contributed by atoms with E-state index in [2.05, 4.69) is 15.6 Å². The summed E-state index contributed by atoms with van der Waals surface area (Å²) >= 11 is 1.14. The summed E-state index contributed by atoms with van der Waals surface area (Å²) in [7, 11) is 0. The van der Waals surface area contributed by atoms with Crippen LogP contribution in [-0.4, -0.2) is 33.4 Å². The second-order valence-electron chi connectivity index (χ2n) is 6.58. The second-order valence-corrected chi connectivity index (χ2v) is 7.41. The van der Waals surface area contributed by atoms with Crippen molar-refractivity contribution in [1.29, 1.82) is 0 Å². The van der Waals surface area contributed by atoms with Crippen LogP contribution in [0, 0.1) is 10.1 Å². The highest BCUT2D eigenvalue weighted by atomic mass is 32.1. The number of rotatable bonds is 5. The number of carbonyl (C=O) groups excluding carboxylic acids is 3. The minimum Gasteiger partial charge on any atom is -0.325 e. The van der Waals surface area contributed by atoms with Crippen LogP contribution in [0.2, 0.25) is 0 Å². The third-order valence-corrected chi connectivity index (χ3v) is 5.38. The Morgan fingerprint density at radius 2 is 1.84 bits per heavy atom. The van der Waals surface area contributed by atoms with E-state index in [0.717, 1.165) is 16.9 Å². The molecule has 2 aromatic carbocycles. The molecule has 4 rings (SSSR count). The van der Waals surface area contributed by atoms with Crippen LogP contribution in [0.25, 0.3) is 16.9 Å². The van der Waals surface area contributed by atoms with Crippen molar-refractivity contribution in [3.05, 3.63) is 74.9 Å². The highest BCUT2D eigenvalue weighted by Gasteiger charge is 2.31. The number of nitro benzene ring substituents is 1. The molecule has 0 spiro atoms. The number of hydrogen-bond acceptors (Lipinski definition) is 6. The van der Waals surface area contributed by atoms with Gasteiger partial charge in [-0.05, 0) is 11.6 Å². The molecular weight excluding hydrogens is 422 g/mol. The summed E-state index contributed by atoms with van der Waals surface area (Å²) in [4.78, 5) is 50.9. The number of carbonyl (C=O) groups is 3. The van der Waals surface area contributed by atoms with E-state index in [0.29, 0.717) is 5.69 Å². The third-order valence-electron chi connectivity index (χ3n) is 4.55. The van der Waals surface area contributed by atoms with Gasteiger partial charge in [-0.1, -0.05) is 42.5 Å². The lowest BCUT2D eigenvalue weighted by Gasteiger charge is -2.10. The normalized spacial score (nSPS) is 16.1. The number of imide groups is 1. The van der Waals surface area contributed by atoms with Crippen molar-refractivity contribution in [3.63, 3.8) is 0 Å². The zero-order valence-electron chi connectivity index (χ0n) is 15.8. The first-order chi connectivity index (χ1) is 14.9. The number of benzene rings is 2. The van der Waals surface area contributed by atoms with Crippen molar-refractivity contribution in [3.8, 4) is 16.9 Å². The Kier molecular flexibility index (Phi) is 5.41. The van der Waals surface area contributed by atoms with Crippen LogP contribution in [0.1, 0.15) is 6.42 Å². The number of nitrogens with one attached hydrogen (secondary N) is 2. The quantitative estimate of drug-likeness (QED) is 0.358. The van der Waals surface area contributed by atoms with E-state index < -0.39 is 28.8 Å². The van der Waals surface area contributed by atoms with Crippen molar-refractivity contribution >= 4 is 34.9 Å². The van der Waals surface area contributed by atoms with Crippen LogP contribution in [0.3, 0.4) is 0 Å². The number of hydrogen-bond donors (Lipinski definition) is 2. The minimum atomic E-state index is -1.00. The number of thiazole rings is 1. The SMILES string of the molecule is O=C(CC1NC(=O)NC1=O)N=c1scc(-c2ccccc2)n1-c1ccccc1[N+](=O)[O-]. The Hall–Kier alpha value is -4.12. The van der Waals surface area contributed by atoms with E-state index in [4.69, 9.17) is 0 Å². The smallest absolute Gasteiger partial charge is 0.322 e. The predicted octanol–water partition coefficient (Wildman–Crippen LogP) is 2.14. The molecule has 156 valence electrons. The van der Waals surface area contributed by atoms with Crippen molar-refractivity contribution < 1.29 is 19.3 Å². The number of amides is 4. The molecule has 31 heavy (non-hydrogen) atoms. The van der Waals surface area contributed by atoms with Crippen LogP contribution in [0.4, 0.5) is 10.5 Å². The summed E-state index contributed by atoms with van der Waals surface area (Å²) in [6.45, 7) is 0. The van der Waals surface area contributed by atoms with Gasteiger partial charge in [-0.25, -0.2) is 4.79 Å². The Bertz CT molecular complexity index is 1260. The van der Waals surface area contributed by atoms with Crippen molar-refractivity contribution in [1.82, 2.24) is 15.2 Å². The van der Waals surface area contributed by atoms with Gasteiger partial charge >= 0.3 is 6.03 Å². The molecular formula is C20H15N5O5S. The van der Waals surface area contributed by atoms with Gasteiger partial charge in [0.05, 0.1) is 17.0 Å². The molecule has 1 unspecified atom stereocenters. The molecule has 0 saturated carbocycles. The van der Waals surface area contributed by atoms with Gasteiger partial charge in [0.15, 0.2) is 4.80 Å². The van der Waals surface area contributed by atoms with Crippen LogP contribution >= 0.6 is 11.3 Å². The van der Waals surface area contributed by atoms with E-state index in [-0.39, 0.29) is 22.6 Å². The van der Waals surface area contributed by atoms with Crippen LogP contribution in [-0.2, 0) is 9.59 Å². The predicted molar refractivity (Wildman–Crippen MR) is 111 cm³/mol. The molecule has 2 N–H and O–H groups in total. The van der Waals surface area contributed by atoms with Crippen LogP contribution in [0.5, 0.6) is 0 Å². The molecule has 1 fully saturated rings. The number of nitrogens with zero attached hydrogens (tertiary/aromatic N) is 3. The zero-order valence-corrected chi connectivity index (χ0v) is 16.7. The zero-order chi connectivity index (χ0) is 22.0. The van der Waals surface area contributed by atoms with Crippen molar-refractivity contribution in [2.75, 3.05) is 0 Å². The number of urea groups is 1. The van der Waals surface area contributed by atoms with Gasteiger partial charge < -0.3 is 5.32 Å². The number of nitro groups is 1. The van der Waals surface area contributed by atoms with Gasteiger partial charge in [-0.2, -0.15) is 4.99 Å². The maximum Gasteiger partial charge on any atom is 0.322 e. The molecule has 11 heteroatoms. The standard InChI is InChI=1S/C20H15N5O5S/c26-17(10-13-18(27)23-19(28)21-13)22-20-24(14-8-4-5-9-15(14)25(29)30)16(11-31-20)12-6-2-1-3-7-12/h1-9,11,13H,10H2,(H2,21,23,27,28). The van der Waals surface area contributed by atoms with Gasteiger partial charge in [-0.3, -0.25) is 29.6 Å². The maximum absolute atomic E-state index is 12.5. The fourth-order valence-electron chi connectivity index (χ4n) is 3.17. The first-order valence-electron chi connectivity index (χ1n) is 9.12.